The third-order valence-electron chi connectivity index (χ3n) is 4.48. The van der Waals surface area contributed by atoms with E-state index in [-0.39, 0.29) is 6.42 Å². The predicted molar refractivity (Wildman–Crippen MR) is 107 cm³/mol. The minimum absolute atomic E-state index is 0.0214. The van der Waals surface area contributed by atoms with Crippen LogP contribution in [0.2, 0.25) is 0 Å². The quantitative estimate of drug-likeness (QED) is 0.495. The maximum atomic E-state index is 12.2. The van der Waals surface area contributed by atoms with Crippen LogP contribution in [0.15, 0.2) is 59.2 Å². The second-order valence-electron chi connectivity index (χ2n) is 6.56. The molecule has 0 radical (unpaired) electrons. The first-order chi connectivity index (χ1) is 14.0. The molecule has 1 aromatic heterocycles. The van der Waals surface area contributed by atoms with Gasteiger partial charge in [0.25, 0.3) is 11.8 Å². The molecular formula is C22H22N2O5. The van der Waals surface area contributed by atoms with E-state index in [1.54, 1.807) is 30.3 Å². The van der Waals surface area contributed by atoms with Crippen LogP contribution in [-0.2, 0) is 27.2 Å². The standard InChI is InChI=1S/C22H22N2O5/c1-3-15-9-10-18-17(13-28-19(18)11-15)12-20(25)29-14(2)21(26)23-24-22(27)16-7-5-4-6-8-16/h4-11,13-14H,3,12H2,1-2H3,(H,23,26)(H,24,27)/t14-/m0/s1. The Morgan fingerprint density at radius 1 is 1.07 bits per heavy atom. The van der Waals surface area contributed by atoms with Crippen LogP contribution in [0.25, 0.3) is 11.0 Å². The number of fused-ring (bicyclic) bond motifs is 1. The monoisotopic (exact) mass is 394 g/mol. The number of amides is 2. The van der Waals surface area contributed by atoms with Crippen molar-refractivity contribution in [2.45, 2.75) is 32.8 Å². The Balaban J connectivity index is 1.52. The normalized spacial score (nSPS) is 11.7. The molecule has 0 bridgehead atoms. The number of ether oxygens (including phenoxy) is 1. The summed E-state index contributed by atoms with van der Waals surface area (Å²) < 4.78 is 10.7. The highest BCUT2D eigenvalue weighted by Crippen LogP contribution is 2.23. The Morgan fingerprint density at radius 3 is 2.55 bits per heavy atom. The maximum Gasteiger partial charge on any atom is 0.311 e. The van der Waals surface area contributed by atoms with Gasteiger partial charge >= 0.3 is 5.97 Å². The molecule has 0 aliphatic heterocycles. The van der Waals surface area contributed by atoms with E-state index in [9.17, 15) is 14.4 Å². The van der Waals surface area contributed by atoms with Gasteiger partial charge in [-0.25, -0.2) is 0 Å². The summed E-state index contributed by atoms with van der Waals surface area (Å²) in [5.74, 6) is -1.66. The molecule has 29 heavy (non-hydrogen) atoms. The minimum Gasteiger partial charge on any atom is -0.464 e. The van der Waals surface area contributed by atoms with E-state index < -0.39 is 23.9 Å². The predicted octanol–water partition coefficient (Wildman–Crippen LogP) is 2.93. The number of carbonyl (C=O) groups is 3. The van der Waals surface area contributed by atoms with E-state index in [1.165, 1.54) is 13.2 Å². The topological polar surface area (TPSA) is 97.6 Å². The zero-order valence-electron chi connectivity index (χ0n) is 16.2. The second-order valence-corrected chi connectivity index (χ2v) is 6.56. The van der Waals surface area contributed by atoms with Gasteiger partial charge in [0.1, 0.15) is 5.58 Å². The van der Waals surface area contributed by atoms with Gasteiger partial charge in [0.15, 0.2) is 6.10 Å². The van der Waals surface area contributed by atoms with Crippen LogP contribution in [0.5, 0.6) is 0 Å². The van der Waals surface area contributed by atoms with Crippen LogP contribution in [0, 0.1) is 0 Å². The van der Waals surface area contributed by atoms with Crippen LogP contribution in [0.3, 0.4) is 0 Å². The highest BCUT2D eigenvalue weighted by Gasteiger charge is 2.20. The van der Waals surface area contributed by atoms with Gasteiger partial charge in [-0.05, 0) is 37.1 Å². The summed E-state index contributed by atoms with van der Waals surface area (Å²) >= 11 is 0. The number of nitrogens with one attached hydrogen (secondary N) is 2. The molecule has 0 unspecified atom stereocenters. The fourth-order valence-electron chi connectivity index (χ4n) is 2.81. The highest BCUT2D eigenvalue weighted by atomic mass is 16.5. The Morgan fingerprint density at radius 2 is 1.83 bits per heavy atom. The lowest BCUT2D eigenvalue weighted by molar-refractivity contribution is -0.154. The Kier molecular flexibility index (Phi) is 6.29. The summed E-state index contributed by atoms with van der Waals surface area (Å²) in [6.07, 6.45) is 1.33. The summed E-state index contributed by atoms with van der Waals surface area (Å²) in [6.45, 7) is 3.49. The van der Waals surface area contributed by atoms with E-state index in [0.717, 1.165) is 17.4 Å². The zero-order valence-corrected chi connectivity index (χ0v) is 16.2. The van der Waals surface area contributed by atoms with Gasteiger partial charge in [0.05, 0.1) is 12.7 Å². The Labute approximate surface area is 168 Å². The van der Waals surface area contributed by atoms with Crippen molar-refractivity contribution < 1.29 is 23.5 Å². The molecular weight excluding hydrogens is 372 g/mol. The lowest BCUT2D eigenvalue weighted by atomic mass is 10.1. The molecule has 1 atom stereocenters. The molecule has 2 N–H and O–H groups in total. The van der Waals surface area contributed by atoms with E-state index in [0.29, 0.717) is 16.7 Å². The fourth-order valence-corrected chi connectivity index (χ4v) is 2.81. The molecule has 2 aromatic carbocycles. The third kappa shape index (κ3) is 5.01. The number of hydrazine groups is 1. The maximum absolute atomic E-state index is 12.2. The molecule has 0 aliphatic carbocycles. The number of hydrogen-bond acceptors (Lipinski definition) is 5. The minimum atomic E-state index is -1.07. The van der Waals surface area contributed by atoms with Gasteiger partial charge in [-0.2, -0.15) is 0 Å². The van der Waals surface area contributed by atoms with Crippen molar-refractivity contribution in [2.75, 3.05) is 0 Å². The first-order valence-electron chi connectivity index (χ1n) is 9.31. The first-order valence-corrected chi connectivity index (χ1v) is 9.31. The number of benzene rings is 2. The van der Waals surface area contributed by atoms with Crippen molar-refractivity contribution in [1.82, 2.24) is 10.9 Å². The molecule has 0 saturated heterocycles. The van der Waals surface area contributed by atoms with Crippen LogP contribution in [-0.4, -0.2) is 23.9 Å². The van der Waals surface area contributed by atoms with Crippen molar-refractivity contribution in [1.29, 1.82) is 0 Å². The van der Waals surface area contributed by atoms with Gasteiger partial charge in [-0.1, -0.05) is 37.3 Å². The van der Waals surface area contributed by atoms with Crippen molar-refractivity contribution in [3.05, 3.63) is 71.5 Å². The van der Waals surface area contributed by atoms with E-state index >= 15 is 0 Å². The number of carbonyl (C=O) groups excluding carboxylic acids is 3. The number of hydrogen-bond donors (Lipinski definition) is 2. The smallest absolute Gasteiger partial charge is 0.311 e. The molecule has 150 valence electrons. The van der Waals surface area contributed by atoms with Crippen LogP contribution in [0.1, 0.15) is 35.3 Å². The van der Waals surface area contributed by atoms with Crippen LogP contribution < -0.4 is 10.9 Å². The Bertz CT molecular complexity index is 1030. The summed E-state index contributed by atoms with van der Waals surface area (Å²) in [5, 5.41) is 0.839. The zero-order chi connectivity index (χ0) is 20.8. The molecule has 0 spiro atoms. The van der Waals surface area contributed by atoms with Gasteiger partial charge < -0.3 is 9.15 Å². The third-order valence-corrected chi connectivity index (χ3v) is 4.48. The first kappa shape index (κ1) is 20.1. The SMILES string of the molecule is CCc1ccc2c(CC(=O)O[C@@H](C)C(=O)NNC(=O)c3ccccc3)coc2c1. The number of rotatable bonds is 6. The average molecular weight is 394 g/mol. The molecule has 3 aromatic rings. The summed E-state index contributed by atoms with van der Waals surface area (Å²) in [4.78, 5) is 36.2. The lowest BCUT2D eigenvalue weighted by Crippen LogP contribution is -2.46. The number of aryl methyl sites for hydroxylation is 1. The van der Waals surface area contributed by atoms with Crippen molar-refractivity contribution in [3.63, 3.8) is 0 Å². The van der Waals surface area contributed by atoms with Gasteiger partial charge in [-0.15, -0.1) is 0 Å². The van der Waals surface area contributed by atoms with Crippen molar-refractivity contribution in [3.8, 4) is 0 Å². The van der Waals surface area contributed by atoms with Crippen LogP contribution >= 0.6 is 0 Å². The summed E-state index contributed by atoms with van der Waals surface area (Å²) in [5.41, 5.74) is 7.48. The van der Waals surface area contributed by atoms with Gasteiger partial charge in [0, 0.05) is 16.5 Å². The second kappa shape index (κ2) is 9.05. The Hall–Kier alpha value is -3.61. The molecule has 7 nitrogen and oxygen atoms in total. The van der Waals surface area contributed by atoms with E-state index in [4.69, 9.17) is 9.15 Å². The molecule has 3 rings (SSSR count). The molecule has 0 aliphatic rings. The van der Waals surface area contributed by atoms with Gasteiger partial charge in [-0.3, -0.25) is 25.2 Å². The summed E-state index contributed by atoms with van der Waals surface area (Å²) in [6, 6.07) is 14.3. The molecule has 0 saturated carbocycles. The van der Waals surface area contributed by atoms with Gasteiger partial charge in [0.2, 0.25) is 0 Å². The fraction of sp³-hybridized carbons (Fsp3) is 0.227. The lowest BCUT2D eigenvalue weighted by Gasteiger charge is -2.14. The average Bonchev–Trinajstić information content (AvgIpc) is 3.13. The molecule has 0 fully saturated rings. The van der Waals surface area contributed by atoms with Crippen molar-refractivity contribution in [2.24, 2.45) is 0 Å². The molecule has 7 heteroatoms. The number of esters is 1. The molecule has 2 amide bonds. The van der Waals surface area contributed by atoms with Crippen LogP contribution in [0.4, 0.5) is 0 Å². The highest BCUT2D eigenvalue weighted by molar-refractivity contribution is 5.96. The van der Waals surface area contributed by atoms with Crippen molar-refractivity contribution >= 4 is 28.8 Å². The molecule has 1 heterocycles. The number of furan rings is 1. The summed E-state index contributed by atoms with van der Waals surface area (Å²) in [7, 11) is 0. The van der Waals surface area contributed by atoms with E-state index in [2.05, 4.69) is 17.8 Å². The van der Waals surface area contributed by atoms with E-state index in [1.807, 2.05) is 18.2 Å². The largest absolute Gasteiger partial charge is 0.464 e.